The molecule has 0 amide bonds. The van der Waals surface area contributed by atoms with Crippen molar-refractivity contribution in [3.8, 4) is 6.07 Å². The number of nitrogens with one attached hydrogen (secondary N) is 1. The summed E-state index contributed by atoms with van der Waals surface area (Å²) in [7, 11) is 0. The summed E-state index contributed by atoms with van der Waals surface area (Å²) in [4.78, 5) is 5.46. The van der Waals surface area contributed by atoms with Crippen molar-refractivity contribution in [2.24, 2.45) is 0 Å². The Morgan fingerprint density at radius 3 is 2.79 bits per heavy atom. The van der Waals surface area contributed by atoms with E-state index in [2.05, 4.69) is 28.5 Å². The Kier molecular flexibility index (Phi) is 4.82. The summed E-state index contributed by atoms with van der Waals surface area (Å²) >= 11 is 1.78. The number of nitrogens with zero attached hydrogens (tertiary/aromatic N) is 2. The molecule has 0 radical (unpaired) electrons. The number of aryl methyl sites for hydroxylation is 1. The van der Waals surface area contributed by atoms with E-state index in [-0.39, 0.29) is 0 Å². The molecule has 2 rings (SSSR count). The zero-order chi connectivity index (χ0) is 13.5. The van der Waals surface area contributed by atoms with Crippen LogP contribution in [0.4, 0.5) is 5.82 Å². The lowest BCUT2D eigenvalue weighted by molar-refractivity contribution is 1.15. The van der Waals surface area contributed by atoms with Crippen LogP contribution in [-0.2, 0) is 0 Å². The van der Waals surface area contributed by atoms with E-state index >= 15 is 0 Å². The molecule has 0 aliphatic rings. The molecule has 4 heteroatoms. The first-order chi connectivity index (χ1) is 9.31. The Labute approximate surface area is 117 Å². The predicted octanol–water partition coefficient (Wildman–Crippen LogP) is 3.47. The molecule has 0 bridgehead atoms. The summed E-state index contributed by atoms with van der Waals surface area (Å²) in [5.41, 5.74) is 1.59. The van der Waals surface area contributed by atoms with Crippen LogP contribution in [0.5, 0.6) is 0 Å². The maximum absolute atomic E-state index is 9.10. The van der Waals surface area contributed by atoms with Crippen LogP contribution in [0.25, 0.3) is 0 Å². The fourth-order valence-corrected chi connectivity index (χ4v) is 2.48. The molecule has 1 aromatic heterocycles. The molecule has 0 fully saturated rings. The zero-order valence-corrected chi connectivity index (χ0v) is 11.6. The number of pyridine rings is 1. The topological polar surface area (TPSA) is 48.7 Å². The van der Waals surface area contributed by atoms with Crippen LogP contribution in [0.15, 0.2) is 47.5 Å². The van der Waals surface area contributed by atoms with Gasteiger partial charge < -0.3 is 5.32 Å². The molecule has 0 spiro atoms. The summed E-state index contributed by atoms with van der Waals surface area (Å²) < 4.78 is 0. The first-order valence-electron chi connectivity index (χ1n) is 6.08. The summed E-state index contributed by atoms with van der Waals surface area (Å²) in [5.74, 6) is 1.61. The normalized spacial score (nSPS) is 9.89. The molecule has 2 aromatic rings. The van der Waals surface area contributed by atoms with E-state index < -0.39 is 0 Å². The third kappa shape index (κ3) is 3.73. The molecular formula is C15H15N3S. The van der Waals surface area contributed by atoms with Gasteiger partial charge in [0.15, 0.2) is 0 Å². The SMILES string of the molecule is Cc1ccnc(NCCSc2ccccc2)c1C#N. The minimum absolute atomic E-state index is 0.632. The van der Waals surface area contributed by atoms with Crippen molar-refractivity contribution >= 4 is 17.6 Å². The van der Waals surface area contributed by atoms with Crippen molar-refractivity contribution in [3.05, 3.63) is 53.7 Å². The van der Waals surface area contributed by atoms with Gasteiger partial charge in [-0.3, -0.25) is 0 Å². The molecule has 0 aliphatic carbocycles. The number of thioether (sulfide) groups is 1. The lowest BCUT2D eigenvalue weighted by Gasteiger charge is -2.08. The van der Waals surface area contributed by atoms with E-state index in [9.17, 15) is 0 Å². The van der Waals surface area contributed by atoms with Crippen molar-refractivity contribution in [2.75, 3.05) is 17.6 Å². The van der Waals surface area contributed by atoms with E-state index in [1.165, 1.54) is 4.90 Å². The number of rotatable bonds is 5. The first kappa shape index (κ1) is 13.4. The second-order valence-electron chi connectivity index (χ2n) is 4.05. The van der Waals surface area contributed by atoms with E-state index in [4.69, 9.17) is 5.26 Å². The highest BCUT2D eigenvalue weighted by Gasteiger charge is 2.05. The molecule has 1 N–H and O–H groups in total. The van der Waals surface area contributed by atoms with Crippen molar-refractivity contribution in [1.82, 2.24) is 4.98 Å². The van der Waals surface area contributed by atoms with Crippen LogP contribution >= 0.6 is 11.8 Å². The highest BCUT2D eigenvalue weighted by atomic mass is 32.2. The van der Waals surface area contributed by atoms with Gasteiger partial charge in [-0.15, -0.1) is 11.8 Å². The summed E-state index contributed by atoms with van der Waals surface area (Å²) in [5, 5.41) is 12.3. The van der Waals surface area contributed by atoms with Crippen LogP contribution in [-0.4, -0.2) is 17.3 Å². The van der Waals surface area contributed by atoms with Gasteiger partial charge in [0.25, 0.3) is 0 Å². The summed E-state index contributed by atoms with van der Waals surface area (Å²) in [6.45, 7) is 2.70. The smallest absolute Gasteiger partial charge is 0.144 e. The number of nitriles is 1. The quantitative estimate of drug-likeness (QED) is 0.667. The van der Waals surface area contributed by atoms with Gasteiger partial charge in [0.2, 0.25) is 0 Å². The maximum atomic E-state index is 9.10. The highest BCUT2D eigenvalue weighted by molar-refractivity contribution is 7.99. The molecule has 19 heavy (non-hydrogen) atoms. The Morgan fingerprint density at radius 2 is 2.05 bits per heavy atom. The standard InChI is InChI=1S/C15H15N3S/c1-12-7-8-17-15(14(12)11-16)18-9-10-19-13-5-3-2-4-6-13/h2-8H,9-10H2,1H3,(H,17,18). The molecule has 0 saturated carbocycles. The second-order valence-corrected chi connectivity index (χ2v) is 5.22. The van der Waals surface area contributed by atoms with E-state index in [0.717, 1.165) is 17.9 Å². The maximum Gasteiger partial charge on any atom is 0.144 e. The van der Waals surface area contributed by atoms with Gasteiger partial charge in [-0.1, -0.05) is 18.2 Å². The monoisotopic (exact) mass is 269 g/mol. The number of benzene rings is 1. The molecule has 3 nitrogen and oxygen atoms in total. The van der Waals surface area contributed by atoms with Crippen molar-refractivity contribution < 1.29 is 0 Å². The molecule has 0 aliphatic heterocycles. The fraction of sp³-hybridized carbons (Fsp3) is 0.200. The minimum atomic E-state index is 0.632. The lowest BCUT2D eigenvalue weighted by atomic mass is 10.1. The Hall–Kier alpha value is -1.99. The van der Waals surface area contributed by atoms with Gasteiger partial charge >= 0.3 is 0 Å². The van der Waals surface area contributed by atoms with Gasteiger partial charge in [0.05, 0.1) is 5.56 Å². The largest absolute Gasteiger partial charge is 0.368 e. The average molecular weight is 269 g/mol. The Balaban J connectivity index is 1.87. The van der Waals surface area contributed by atoms with Crippen molar-refractivity contribution in [2.45, 2.75) is 11.8 Å². The minimum Gasteiger partial charge on any atom is -0.368 e. The highest BCUT2D eigenvalue weighted by Crippen LogP contribution is 2.18. The average Bonchev–Trinajstić information content (AvgIpc) is 2.45. The van der Waals surface area contributed by atoms with Gasteiger partial charge in [0, 0.05) is 23.4 Å². The summed E-state index contributed by atoms with van der Waals surface area (Å²) in [6.07, 6.45) is 1.73. The second kappa shape index (κ2) is 6.81. The molecule has 1 aromatic carbocycles. The van der Waals surface area contributed by atoms with Crippen molar-refractivity contribution in [1.29, 1.82) is 5.26 Å². The number of hydrogen-bond acceptors (Lipinski definition) is 4. The molecule has 0 atom stereocenters. The fourth-order valence-electron chi connectivity index (χ4n) is 1.69. The lowest BCUT2D eigenvalue weighted by Crippen LogP contribution is -2.07. The van der Waals surface area contributed by atoms with Gasteiger partial charge in [-0.25, -0.2) is 4.98 Å². The predicted molar refractivity (Wildman–Crippen MR) is 79.3 cm³/mol. The molecule has 0 unspecified atom stereocenters. The third-order valence-electron chi connectivity index (χ3n) is 2.68. The van der Waals surface area contributed by atoms with Crippen molar-refractivity contribution in [3.63, 3.8) is 0 Å². The third-order valence-corrected chi connectivity index (χ3v) is 3.69. The van der Waals surface area contributed by atoms with Gasteiger partial charge in [0.1, 0.15) is 11.9 Å². The van der Waals surface area contributed by atoms with Crippen LogP contribution in [0.1, 0.15) is 11.1 Å². The first-order valence-corrected chi connectivity index (χ1v) is 7.07. The van der Waals surface area contributed by atoms with E-state index in [1.54, 1.807) is 18.0 Å². The molecule has 1 heterocycles. The van der Waals surface area contributed by atoms with E-state index in [1.807, 2.05) is 31.2 Å². The number of aromatic nitrogens is 1. The Bertz CT molecular complexity index is 576. The zero-order valence-electron chi connectivity index (χ0n) is 10.8. The van der Waals surface area contributed by atoms with Crippen LogP contribution in [0.3, 0.4) is 0 Å². The van der Waals surface area contributed by atoms with Gasteiger partial charge in [-0.05, 0) is 30.7 Å². The summed E-state index contributed by atoms with van der Waals surface area (Å²) in [6, 6.07) is 14.3. The van der Waals surface area contributed by atoms with Gasteiger partial charge in [-0.2, -0.15) is 5.26 Å². The van der Waals surface area contributed by atoms with Crippen LogP contribution in [0, 0.1) is 18.3 Å². The molecule has 96 valence electrons. The molecule has 0 saturated heterocycles. The Morgan fingerprint density at radius 1 is 1.26 bits per heavy atom. The molecular weight excluding hydrogens is 254 g/mol. The number of hydrogen-bond donors (Lipinski definition) is 1. The van der Waals surface area contributed by atoms with E-state index in [0.29, 0.717) is 11.4 Å². The van der Waals surface area contributed by atoms with Crippen LogP contribution in [0.2, 0.25) is 0 Å². The number of anilines is 1. The van der Waals surface area contributed by atoms with Crippen LogP contribution < -0.4 is 5.32 Å².